The van der Waals surface area contributed by atoms with Crippen molar-refractivity contribution in [2.45, 2.75) is 44.9 Å². The number of hydrogen-bond donors (Lipinski definition) is 2. The van der Waals surface area contributed by atoms with Crippen LogP contribution in [0.3, 0.4) is 0 Å². The molecule has 2 N–H and O–H groups in total. The minimum Gasteiger partial charge on any atom is -0.376 e. The highest BCUT2D eigenvalue weighted by Crippen LogP contribution is 2.17. The van der Waals surface area contributed by atoms with Gasteiger partial charge in [0.15, 0.2) is 11.8 Å². The summed E-state index contributed by atoms with van der Waals surface area (Å²) in [5.74, 6) is 3.56. The van der Waals surface area contributed by atoms with E-state index in [-0.39, 0.29) is 30.1 Å². The lowest BCUT2D eigenvalue weighted by atomic mass is 10.2. The summed E-state index contributed by atoms with van der Waals surface area (Å²) in [6, 6.07) is 6.35. The van der Waals surface area contributed by atoms with Crippen LogP contribution in [0, 0.1) is 6.92 Å². The molecular formula is C20H31IN8O. The van der Waals surface area contributed by atoms with Gasteiger partial charge in [-0.25, -0.2) is 9.98 Å². The topological polar surface area (TPSA) is 92.5 Å². The number of anilines is 1. The van der Waals surface area contributed by atoms with Crippen LogP contribution < -0.4 is 15.5 Å². The van der Waals surface area contributed by atoms with Crippen molar-refractivity contribution >= 4 is 35.8 Å². The van der Waals surface area contributed by atoms with E-state index in [1.165, 1.54) is 0 Å². The zero-order chi connectivity index (χ0) is 20.1. The first kappa shape index (κ1) is 22.7. The van der Waals surface area contributed by atoms with E-state index in [2.05, 4.69) is 36.8 Å². The first-order valence-corrected chi connectivity index (χ1v) is 10.4. The van der Waals surface area contributed by atoms with Gasteiger partial charge in [-0.1, -0.05) is 6.07 Å². The maximum Gasteiger partial charge on any atom is 0.192 e. The third kappa shape index (κ3) is 5.81. The third-order valence-electron chi connectivity index (χ3n) is 5.58. The number of guanidine groups is 1. The van der Waals surface area contributed by atoms with E-state index in [1.807, 2.05) is 36.9 Å². The second-order valence-corrected chi connectivity index (χ2v) is 7.67. The second kappa shape index (κ2) is 10.9. The second-order valence-electron chi connectivity index (χ2n) is 7.67. The molecule has 0 saturated carbocycles. The van der Waals surface area contributed by atoms with Crippen LogP contribution in [0.25, 0.3) is 0 Å². The average Bonchev–Trinajstić information content (AvgIpc) is 3.49. The maximum atomic E-state index is 5.75. The van der Waals surface area contributed by atoms with Gasteiger partial charge in [0.1, 0.15) is 18.2 Å². The van der Waals surface area contributed by atoms with Gasteiger partial charge in [-0.05, 0) is 38.3 Å². The lowest BCUT2D eigenvalue weighted by Gasteiger charge is -2.20. The Hall–Kier alpha value is -1.95. The normalized spacial score (nSPS) is 21.5. The zero-order valence-electron chi connectivity index (χ0n) is 17.6. The minimum absolute atomic E-state index is 0. The smallest absolute Gasteiger partial charge is 0.192 e. The van der Waals surface area contributed by atoms with Crippen molar-refractivity contribution in [1.29, 1.82) is 0 Å². The molecule has 2 saturated heterocycles. The number of halogens is 1. The summed E-state index contributed by atoms with van der Waals surface area (Å²) in [4.78, 5) is 11.5. The predicted octanol–water partition coefficient (Wildman–Crippen LogP) is 1.63. The fourth-order valence-electron chi connectivity index (χ4n) is 3.73. The SMILES string of the molecule is Cc1nnc(CN=C(NCC2CCCO2)NC2CCN(c3ccccn3)C2)n1C.I. The molecule has 30 heavy (non-hydrogen) atoms. The van der Waals surface area contributed by atoms with Gasteiger partial charge in [0, 0.05) is 45.5 Å². The molecule has 4 rings (SSSR count). The Bertz CT molecular complexity index is 821. The fourth-order valence-corrected chi connectivity index (χ4v) is 3.73. The molecule has 0 aromatic carbocycles. The molecule has 2 aliphatic rings. The first-order valence-electron chi connectivity index (χ1n) is 10.4. The van der Waals surface area contributed by atoms with Crippen LogP contribution in [-0.2, 0) is 18.3 Å². The summed E-state index contributed by atoms with van der Waals surface area (Å²) in [7, 11) is 1.97. The Morgan fingerprint density at radius 1 is 1.30 bits per heavy atom. The van der Waals surface area contributed by atoms with Crippen molar-refractivity contribution in [3.63, 3.8) is 0 Å². The number of ether oxygens (including phenoxy) is 1. The zero-order valence-corrected chi connectivity index (χ0v) is 20.0. The van der Waals surface area contributed by atoms with Crippen LogP contribution in [0.1, 0.15) is 30.9 Å². The summed E-state index contributed by atoms with van der Waals surface area (Å²) in [6.45, 7) is 5.93. The number of nitrogens with zero attached hydrogens (tertiary/aromatic N) is 6. The number of aromatic nitrogens is 4. The number of aryl methyl sites for hydroxylation is 1. The standard InChI is InChI=1S/C20H30N8O.HI/c1-15-25-26-19(27(15)2)13-23-20(22-12-17-6-5-11-29-17)24-16-8-10-28(14-16)18-7-3-4-9-21-18;/h3-4,7,9,16-17H,5-6,8,10-14H2,1-2H3,(H2,22,23,24);1H. The molecule has 2 unspecified atom stereocenters. The molecule has 0 spiro atoms. The molecule has 10 heteroatoms. The van der Waals surface area contributed by atoms with Gasteiger partial charge in [-0.3, -0.25) is 0 Å². The molecule has 0 amide bonds. The molecule has 2 atom stereocenters. The van der Waals surface area contributed by atoms with Gasteiger partial charge < -0.3 is 24.8 Å². The number of pyridine rings is 1. The highest BCUT2D eigenvalue weighted by molar-refractivity contribution is 14.0. The van der Waals surface area contributed by atoms with E-state index >= 15 is 0 Å². The lowest BCUT2D eigenvalue weighted by Crippen LogP contribution is -2.46. The van der Waals surface area contributed by atoms with Crippen molar-refractivity contribution in [3.8, 4) is 0 Å². The molecule has 2 aliphatic heterocycles. The van der Waals surface area contributed by atoms with Gasteiger partial charge in [-0.2, -0.15) is 0 Å². The van der Waals surface area contributed by atoms with Crippen molar-refractivity contribution in [1.82, 2.24) is 30.4 Å². The van der Waals surface area contributed by atoms with Gasteiger partial charge in [0.2, 0.25) is 0 Å². The van der Waals surface area contributed by atoms with Crippen LogP contribution >= 0.6 is 24.0 Å². The van der Waals surface area contributed by atoms with E-state index in [9.17, 15) is 0 Å². The van der Waals surface area contributed by atoms with Gasteiger partial charge in [0.25, 0.3) is 0 Å². The Morgan fingerprint density at radius 3 is 2.90 bits per heavy atom. The molecule has 0 bridgehead atoms. The molecular weight excluding hydrogens is 495 g/mol. The number of rotatable bonds is 6. The largest absolute Gasteiger partial charge is 0.376 e. The summed E-state index contributed by atoms with van der Waals surface area (Å²) < 4.78 is 7.72. The molecule has 4 heterocycles. The van der Waals surface area contributed by atoms with Crippen LogP contribution in [0.15, 0.2) is 29.4 Å². The van der Waals surface area contributed by atoms with E-state index in [4.69, 9.17) is 9.73 Å². The highest BCUT2D eigenvalue weighted by Gasteiger charge is 2.24. The minimum atomic E-state index is 0. The van der Waals surface area contributed by atoms with Gasteiger partial charge in [0.05, 0.1) is 6.10 Å². The lowest BCUT2D eigenvalue weighted by molar-refractivity contribution is 0.113. The summed E-state index contributed by atoms with van der Waals surface area (Å²) in [6.07, 6.45) is 5.37. The Kier molecular flexibility index (Phi) is 8.25. The first-order chi connectivity index (χ1) is 14.2. The maximum absolute atomic E-state index is 5.75. The van der Waals surface area contributed by atoms with Gasteiger partial charge >= 0.3 is 0 Å². The van der Waals surface area contributed by atoms with Crippen molar-refractivity contribution in [2.24, 2.45) is 12.0 Å². The average molecular weight is 526 g/mol. The predicted molar refractivity (Wildman–Crippen MR) is 127 cm³/mol. The molecule has 2 aromatic rings. The van der Waals surface area contributed by atoms with E-state index < -0.39 is 0 Å². The Balaban J connectivity index is 0.00000256. The van der Waals surface area contributed by atoms with Gasteiger partial charge in [-0.15, -0.1) is 34.2 Å². The number of aliphatic imine (C=N–C) groups is 1. The van der Waals surface area contributed by atoms with Crippen molar-refractivity contribution < 1.29 is 4.74 Å². The van der Waals surface area contributed by atoms with Crippen molar-refractivity contribution in [3.05, 3.63) is 36.0 Å². The Morgan fingerprint density at radius 2 is 2.20 bits per heavy atom. The van der Waals surface area contributed by atoms with Crippen LogP contribution in [0.4, 0.5) is 5.82 Å². The molecule has 0 aliphatic carbocycles. The van der Waals surface area contributed by atoms with E-state index in [0.29, 0.717) is 12.6 Å². The summed E-state index contributed by atoms with van der Waals surface area (Å²) >= 11 is 0. The quantitative estimate of drug-likeness (QED) is 0.336. The molecule has 2 fully saturated rings. The highest BCUT2D eigenvalue weighted by atomic mass is 127. The van der Waals surface area contributed by atoms with Crippen LogP contribution in [0.2, 0.25) is 0 Å². The van der Waals surface area contributed by atoms with Crippen LogP contribution in [-0.4, -0.2) is 64.1 Å². The van der Waals surface area contributed by atoms with E-state index in [1.54, 1.807) is 0 Å². The van der Waals surface area contributed by atoms with Crippen molar-refractivity contribution in [2.75, 3.05) is 31.1 Å². The van der Waals surface area contributed by atoms with Crippen LogP contribution in [0.5, 0.6) is 0 Å². The molecule has 164 valence electrons. The molecule has 2 aromatic heterocycles. The number of nitrogens with one attached hydrogen (secondary N) is 2. The van der Waals surface area contributed by atoms with E-state index in [0.717, 1.165) is 68.9 Å². The summed E-state index contributed by atoms with van der Waals surface area (Å²) in [5.41, 5.74) is 0. The summed E-state index contributed by atoms with van der Waals surface area (Å²) in [5, 5.41) is 15.4. The third-order valence-corrected chi connectivity index (χ3v) is 5.58. The monoisotopic (exact) mass is 526 g/mol. The fraction of sp³-hybridized carbons (Fsp3) is 0.600. The molecule has 9 nitrogen and oxygen atoms in total. The molecule has 0 radical (unpaired) electrons. The number of hydrogen-bond acceptors (Lipinski definition) is 6. The Labute approximate surface area is 194 Å².